The fraction of sp³-hybridized carbons (Fsp3) is 0.800. The van der Waals surface area contributed by atoms with E-state index in [0.29, 0.717) is 18.4 Å². The molecule has 3 heterocycles. The topological polar surface area (TPSA) is 105 Å². The zero-order valence-electron chi connectivity index (χ0n) is 16.7. The third-order valence-electron chi connectivity index (χ3n) is 5.86. The van der Waals surface area contributed by atoms with Crippen LogP contribution in [-0.4, -0.2) is 87.8 Å². The molecule has 2 atom stereocenters. The number of anilines is 2. The van der Waals surface area contributed by atoms with Crippen LogP contribution in [0.25, 0.3) is 0 Å². The van der Waals surface area contributed by atoms with Crippen molar-refractivity contribution in [1.82, 2.24) is 14.9 Å². The number of nitrogens with zero attached hydrogens (tertiary/aromatic N) is 4. The number of aliphatic hydroxyl groups is 3. The molecule has 2 fully saturated rings. The van der Waals surface area contributed by atoms with Gasteiger partial charge in [-0.3, -0.25) is 0 Å². The van der Waals surface area contributed by atoms with Crippen molar-refractivity contribution in [2.24, 2.45) is 0 Å². The molecule has 2 aliphatic rings. The first-order valence-corrected chi connectivity index (χ1v) is 10.7. The normalized spacial score (nSPS) is 21.9. The maximum absolute atomic E-state index is 9.78. The Hall–Kier alpha value is -1.48. The van der Waals surface area contributed by atoms with Gasteiger partial charge in [0, 0.05) is 45.0 Å². The minimum atomic E-state index is -1.05. The van der Waals surface area contributed by atoms with Gasteiger partial charge in [0.2, 0.25) is 5.95 Å². The average Bonchev–Trinajstić information content (AvgIpc) is 3.02. The average molecular weight is 394 g/mol. The Morgan fingerprint density at radius 2 is 1.75 bits per heavy atom. The number of nitrogens with one attached hydrogen (secondary N) is 1. The van der Waals surface area contributed by atoms with Crippen LogP contribution in [0.3, 0.4) is 0 Å². The summed E-state index contributed by atoms with van der Waals surface area (Å²) in [6, 6.07) is 2.36. The van der Waals surface area contributed by atoms with Gasteiger partial charge in [-0.1, -0.05) is 12.8 Å². The van der Waals surface area contributed by atoms with E-state index in [0.717, 1.165) is 51.4 Å². The van der Waals surface area contributed by atoms with E-state index in [2.05, 4.69) is 20.1 Å². The van der Waals surface area contributed by atoms with Crippen LogP contribution in [0.15, 0.2) is 12.3 Å². The first-order valence-electron chi connectivity index (χ1n) is 10.7. The SMILES string of the molecule is OC[C@@H](O)[C@@H](O)CCN1CCC(Nc2nccc(N3CCCCCC3)n2)CC1. The van der Waals surface area contributed by atoms with Crippen molar-refractivity contribution in [2.45, 2.75) is 63.2 Å². The summed E-state index contributed by atoms with van der Waals surface area (Å²) in [5.74, 6) is 1.73. The fourth-order valence-corrected chi connectivity index (χ4v) is 4.01. The van der Waals surface area contributed by atoms with Crippen molar-refractivity contribution < 1.29 is 15.3 Å². The number of rotatable bonds is 8. The molecule has 0 aromatic carbocycles. The van der Waals surface area contributed by atoms with Gasteiger partial charge in [-0.25, -0.2) is 4.98 Å². The van der Waals surface area contributed by atoms with Gasteiger partial charge in [-0.15, -0.1) is 0 Å². The molecule has 0 amide bonds. The maximum Gasteiger partial charge on any atom is 0.224 e. The Morgan fingerprint density at radius 3 is 2.43 bits per heavy atom. The van der Waals surface area contributed by atoms with Gasteiger partial charge < -0.3 is 30.4 Å². The van der Waals surface area contributed by atoms with Gasteiger partial charge in [-0.05, 0) is 38.2 Å². The van der Waals surface area contributed by atoms with Crippen LogP contribution in [0, 0.1) is 0 Å². The maximum atomic E-state index is 9.78. The second-order valence-corrected chi connectivity index (χ2v) is 8.01. The van der Waals surface area contributed by atoms with Crippen LogP contribution in [-0.2, 0) is 0 Å². The van der Waals surface area contributed by atoms with Crippen LogP contribution in [0.1, 0.15) is 44.9 Å². The molecule has 1 aromatic heterocycles. The molecule has 1 aromatic rings. The lowest BCUT2D eigenvalue weighted by atomic mass is 10.0. The molecular formula is C20H35N5O3. The van der Waals surface area contributed by atoms with E-state index in [-0.39, 0.29) is 0 Å². The summed E-state index contributed by atoms with van der Waals surface area (Å²) < 4.78 is 0. The van der Waals surface area contributed by atoms with Gasteiger partial charge in [-0.2, -0.15) is 4.98 Å². The Morgan fingerprint density at radius 1 is 1.04 bits per heavy atom. The molecular weight excluding hydrogens is 358 g/mol. The lowest BCUT2D eigenvalue weighted by Crippen LogP contribution is -2.41. The van der Waals surface area contributed by atoms with Crippen molar-refractivity contribution in [3.8, 4) is 0 Å². The van der Waals surface area contributed by atoms with Gasteiger partial charge >= 0.3 is 0 Å². The Bertz CT molecular complexity index is 575. The molecule has 8 heteroatoms. The molecule has 158 valence electrons. The molecule has 0 aliphatic carbocycles. The summed E-state index contributed by atoms with van der Waals surface area (Å²) in [6.45, 7) is 4.35. The zero-order chi connectivity index (χ0) is 19.8. The molecule has 2 aliphatic heterocycles. The fourth-order valence-electron chi connectivity index (χ4n) is 4.01. The van der Waals surface area contributed by atoms with Crippen molar-refractivity contribution >= 4 is 11.8 Å². The highest BCUT2D eigenvalue weighted by atomic mass is 16.4. The summed E-state index contributed by atoms with van der Waals surface area (Å²) in [5.41, 5.74) is 0. The van der Waals surface area contributed by atoms with Crippen LogP contribution < -0.4 is 10.2 Å². The second-order valence-electron chi connectivity index (χ2n) is 8.01. The first-order chi connectivity index (χ1) is 13.7. The molecule has 4 N–H and O–H groups in total. The highest BCUT2D eigenvalue weighted by molar-refractivity contribution is 5.43. The highest BCUT2D eigenvalue weighted by Crippen LogP contribution is 2.20. The van der Waals surface area contributed by atoms with Crippen LogP contribution >= 0.6 is 0 Å². The largest absolute Gasteiger partial charge is 0.394 e. The number of aliphatic hydroxyl groups excluding tert-OH is 3. The molecule has 0 bridgehead atoms. The van der Waals surface area contributed by atoms with E-state index < -0.39 is 18.8 Å². The smallest absolute Gasteiger partial charge is 0.224 e. The predicted octanol–water partition coefficient (Wildman–Crippen LogP) is 0.837. The second kappa shape index (κ2) is 10.9. The summed E-state index contributed by atoms with van der Waals surface area (Å²) in [6.07, 6.45) is 7.47. The van der Waals surface area contributed by atoms with E-state index in [9.17, 15) is 10.2 Å². The van der Waals surface area contributed by atoms with E-state index in [1.54, 1.807) is 0 Å². The van der Waals surface area contributed by atoms with Gasteiger partial charge in [0.1, 0.15) is 11.9 Å². The summed E-state index contributed by atoms with van der Waals surface area (Å²) >= 11 is 0. The highest BCUT2D eigenvalue weighted by Gasteiger charge is 2.22. The molecule has 0 unspecified atom stereocenters. The monoisotopic (exact) mass is 393 g/mol. The number of likely N-dealkylation sites (tertiary alicyclic amines) is 1. The van der Waals surface area contributed by atoms with E-state index >= 15 is 0 Å². The summed E-state index contributed by atoms with van der Waals surface area (Å²) in [4.78, 5) is 13.8. The number of aromatic nitrogens is 2. The molecule has 0 radical (unpaired) electrons. The molecule has 2 saturated heterocycles. The number of piperidine rings is 1. The molecule has 3 rings (SSSR count). The molecule has 28 heavy (non-hydrogen) atoms. The zero-order valence-corrected chi connectivity index (χ0v) is 16.7. The van der Waals surface area contributed by atoms with Gasteiger partial charge in [0.25, 0.3) is 0 Å². The minimum Gasteiger partial charge on any atom is -0.394 e. The Kier molecular flexibility index (Phi) is 8.27. The minimum absolute atomic E-state index is 0.351. The molecule has 8 nitrogen and oxygen atoms in total. The van der Waals surface area contributed by atoms with Crippen LogP contribution in [0.4, 0.5) is 11.8 Å². The van der Waals surface area contributed by atoms with Crippen molar-refractivity contribution in [2.75, 3.05) is 49.5 Å². The predicted molar refractivity (Wildman–Crippen MR) is 110 cm³/mol. The lowest BCUT2D eigenvalue weighted by Gasteiger charge is -2.33. The van der Waals surface area contributed by atoms with Gasteiger partial charge in [0.15, 0.2) is 0 Å². The summed E-state index contributed by atoms with van der Waals surface area (Å²) in [5, 5.41) is 31.6. The van der Waals surface area contributed by atoms with Gasteiger partial charge in [0.05, 0.1) is 12.7 Å². The van der Waals surface area contributed by atoms with Crippen molar-refractivity contribution in [3.05, 3.63) is 12.3 Å². The molecule has 0 saturated carbocycles. The van der Waals surface area contributed by atoms with Crippen molar-refractivity contribution in [1.29, 1.82) is 0 Å². The summed E-state index contributed by atoms with van der Waals surface area (Å²) in [7, 11) is 0. The standard InChI is InChI=1S/C20H35N5O3/c26-15-18(28)17(27)8-14-24-12-6-16(7-13-24)22-20-21-9-5-19(23-20)25-10-3-1-2-4-11-25/h5,9,16-18,26-28H,1-4,6-8,10-15H2,(H,21,22,23)/t17-,18+/m0/s1. The van der Waals surface area contributed by atoms with E-state index in [1.807, 2.05) is 12.3 Å². The number of hydrogen-bond donors (Lipinski definition) is 4. The molecule has 0 spiro atoms. The van der Waals surface area contributed by atoms with Crippen LogP contribution in [0.2, 0.25) is 0 Å². The van der Waals surface area contributed by atoms with Crippen LogP contribution in [0.5, 0.6) is 0 Å². The quantitative estimate of drug-likeness (QED) is 0.515. The third kappa shape index (κ3) is 6.27. The third-order valence-corrected chi connectivity index (χ3v) is 5.86. The van der Waals surface area contributed by atoms with Crippen molar-refractivity contribution in [3.63, 3.8) is 0 Å². The van der Waals surface area contributed by atoms with E-state index in [1.165, 1.54) is 25.7 Å². The number of hydrogen-bond acceptors (Lipinski definition) is 8. The Balaban J connectivity index is 1.44. The van der Waals surface area contributed by atoms with E-state index in [4.69, 9.17) is 10.1 Å². The first kappa shape index (κ1) is 21.2. The lowest BCUT2D eigenvalue weighted by molar-refractivity contribution is -0.0220. The Labute approximate surface area is 167 Å².